The van der Waals surface area contributed by atoms with Crippen LogP contribution >= 0.6 is 11.6 Å². The van der Waals surface area contributed by atoms with Crippen molar-refractivity contribution in [3.8, 4) is 0 Å². The Bertz CT molecular complexity index is 711. The summed E-state index contributed by atoms with van der Waals surface area (Å²) in [6.45, 7) is 8.12. The molecule has 2 aromatic rings. The fraction of sp³-hybridized carbons (Fsp3) is 0.562. The smallest absolute Gasteiger partial charge is 0.410 e. The molecule has 0 aliphatic carbocycles. The van der Waals surface area contributed by atoms with E-state index in [4.69, 9.17) is 16.3 Å². The van der Waals surface area contributed by atoms with Crippen LogP contribution in [0.15, 0.2) is 6.07 Å². The number of carbonyl (C=O) groups is 1. The van der Waals surface area contributed by atoms with E-state index in [1.807, 2.05) is 33.8 Å². The van der Waals surface area contributed by atoms with Crippen molar-refractivity contribution in [2.75, 3.05) is 6.54 Å². The number of imidazole rings is 1. The second kappa shape index (κ2) is 5.67. The number of likely N-dealkylation sites (tertiary alicyclic amines) is 1. The number of rotatable bonds is 1. The van der Waals surface area contributed by atoms with Crippen molar-refractivity contribution >= 4 is 28.9 Å². The maximum absolute atomic E-state index is 12.4. The van der Waals surface area contributed by atoms with Gasteiger partial charge < -0.3 is 9.72 Å². The normalized spacial score (nSPS) is 18.7. The van der Waals surface area contributed by atoms with E-state index < -0.39 is 5.60 Å². The number of fused-ring (bicyclic) bond motifs is 1. The predicted molar refractivity (Wildman–Crippen MR) is 88.6 cm³/mol. The molecule has 1 atom stereocenters. The van der Waals surface area contributed by atoms with Crippen LogP contribution in [0.4, 0.5) is 4.79 Å². The van der Waals surface area contributed by atoms with E-state index in [9.17, 15) is 4.79 Å². The third-order valence-corrected chi connectivity index (χ3v) is 4.20. The molecule has 1 aliphatic heterocycles. The predicted octanol–water partition coefficient (Wildman–Crippen LogP) is 3.99. The van der Waals surface area contributed by atoms with Crippen molar-refractivity contribution in [1.29, 1.82) is 0 Å². The molecule has 23 heavy (non-hydrogen) atoms. The molecule has 0 bridgehead atoms. The minimum absolute atomic E-state index is 0.113. The zero-order valence-electron chi connectivity index (χ0n) is 13.8. The molecule has 2 aromatic heterocycles. The molecule has 0 unspecified atom stereocenters. The second-order valence-electron chi connectivity index (χ2n) is 6.88. The molecular formula is C16H21ClN4O2. The summed E-state index contributed by atoms with van der Waals surface area (Å²) < 4.78 is 5.49. The van der Waals surface area contributed by atoms with E-state index in [2.05, 4.69) is 15.0 Å². The average molecular weight is 337 g/mol. The zero-order chi connectivity index (χ0) is 16.8. The molecule has 1 N–H and O–H groups in total. The highest BCUT2D eigenvalue weighted by molar-refractivity contribution is 6.31. The molecular weight excluding hydrogens is 316 g/mol. The van der Waals surface area contributed by atoms with E-state index in [-0.39, 0.29) is 12.1 Å². The molecule has 124 valence electrons. The molecule has 0 saturated carbocycles. The Balaban J connectivity index is 1.89. The lowest BCUT2D eigenvalue weighted by Crippen LogP contribution is -2.36. The van der Waals surface area contributed by atoms with Gasteiger partial charge in [-0.1, -0.05) is 11.6 Å². The molecule has 3 heterocycles. The summed E-state index contributed by atoms with van der Waals surface area (Å²) in [5.74, 6) is 0.734. The van der Waals surface area contributed by atoms with Gasteiger partial charge in [-0.2, -0.15) is 0 Å². The van der Waals surface area contributed by atoms with Crippen LogP contribution in [0, 0.1) is 6.92 Å². The number of hydrogen-bond acceptors (Lipinski definition) is 4. The van der Waals surface area contributed by atoms with Crippen molar-refractivity contribution in [3.63, 3.8) is 0 Å². The first kappa shape index (κ1) is 16.1. The molecule has 1 fully saturated rings. The standard InChI is InChI=1S/C16H21ClN4O2/c1-9-10(17)8-11-13(18-9)20-14(19-11)12-6-5-7-21(12)15(22)23-16(2,3)4/h8,12H,5-7H2,1-4H3,(H,18,19,20)/t12-/m0/s1. The SMILES string of the molecule is Cc1nc2nc([C@@H]3CCCN3C(=O)OC(C)(C)C)[nH]c2cc1Cl. The maximum atomic E-state index is 12.4. The first-order chi connectivity index (χ1) is 10.7. The molecule has 1 amide bonds. The summed E-state index contributed by atoms with van der Waals surface area (Å²) in [6.07, 6.45) is 1.47. The highest BCUT2D eigenvalue weighted by Gasteiger charge is 2.35. The maximum Gasteiger partial charge on any atom is 0.410 e. The zero-order valence-corrected chi connectivity index (χ0v) is 14.6. The Morgan fingerprint density at radius 2 is 2.17 bits per heavy atom. The van der Waals surface area contributed by atoms with Crippen LogP contribution in [0.25, 0.3) is 11.2 Å². The van der Waals surface area contributed by atoms with Crippen molar-refractivity contribution in [3.05, 3.63) is 22.6 Å². The van der Waals surface area contributed by atoms with Crippen molar-refractivity contribution in [2.24, 2.45) is 0 Å². The lowest BCUT2D eigenvalue weighted by atomic mass is 10.2. The quantitative estimate of drug-likeness (QED) is 0.854. The van der Waals surface area contributed by atoms with Crippen LogP contribution in [0.2, 0.25) is 5.02 Å². The topological polar surface area (TPSA) is 71.1 Å². The van der Waals surface area contributed by atoms with Gasteiger partial charge in [-0.15, -0.1) is 0 Å². The molecule has 0 aromatic carbocycles. The summed E-state index contributed by atoms with van der Waals surface area (Å²) in [4.78, 5) is 26.3. The number of nitrogens with one attached hydrogen (secondary N) is 1. The molecule has 1 aliphatic rings. The minimum Gasteiger partial charge on any atom is -0.444 e. The number of aromatic amines is 1. The summed E-state index contributed by atoms with van der Waals surface area (Å²) in [5, 5.41) is 0.600. The van der Waals surface area contributed by atoms with Gasteiger partial charge in [0, 0.05) is 6.54 Å². The van der Waals surface area contributed by atoms with Crippen molar-refractivity contribution in [1.82, 2.24) is 19.9 Å². The number of ether oxygens (including phenoxy) is 1. The van der Waals surface area contributed by atoms with Crippen LogP contribution in [-0.4, -0.2) is 38.1 Å². The molecule has 6 nitrogen and oxygen atoms in total. The van der Waals surface area contributed by atoms with Crippen LogP contribution < -0.4 is 0 Å². The Morgan fingerprint density at radius 3 is 2.87 bits per heavy atom. The molecule has 0 spiro atoms. The molecule has 3 rings (SSSR count). The highest BCUT2D eigenvalue weighted by Crippen LogP contribution is 2.33. The highest BCUT2D eigenvalue weighted by atomic mass is 35.5. The van der Waals surface area contributed by atoms with Gasteiger partial charge >= 0.3 is 6.09 Å². The number of hydrogen-bond donors (Lipinski definition) is 1. The van der Waals surface area contributed by atoms with Gasteiger partial charge in [0.15, 0.2) is 5.65 Å². The van der Waals surface area contributed by atoms with Crippen LogP contribution in [-0.2, 0) is 4.74 Å². The number of H-pyrrole nitrogens is 1. The van der Waals surface area contributed by atoms with Gasteiger partial charge in [0.25, 0.3) is 0 Å². The fourth-order valence-electron chi connectivity index (χ4n) is 2.77. The summed E-state index contributed by atoms with van der Waals surface area (Å²) in [7, 11) is 0. The van der Waals surface area contributed by atoms with E-state index >= 15 is 0 Å². The summed E-state index contributed by atoms with van der Waals surface area (Å²) >= 11 is 6.11. The summed E-state index contributed by atoms with van der Waals surface area (Å²) in [5.41, 5.74) is 1.64. The lowest BCUT2D eigenvalue weighted by molar-refractivity contribution is 0.0219. The van der Waals surface area contributed by atoms with Gasteiger partial charge in [0.2, 0.25) is 0 Å². The molecule has 7 heteroatoms. The monoisotopic (exact) mass is 336 g/mol. The Hall–Kier alpha value is -1.82. The van der Waals surface area contributed by atoms with E-state index in [0.29, 0.717) is 17.2 Å². The van der Waals surface area contributed by atoms with Crippen molar-refractivity contribution in [2.45, 2.75) is 52.2 Å². The van der Waals surface area contributed by atoms with E-state index in [1.165, 1.54) is 0 Å². The Kier molecular flexibility index (Phi) is 3.96. The van der Waals surface area contributed by atoms with Gasteiger partial charge in [0.1, 0.15) is 11.4 Å². The Labute approximate surface area is 140 Å². The number of nitrogens with zero attached hydrogens (tertiary/aromatic N) is 3. The minimum atomic E-state index is -0.510. The lowest BCUT2D eigenvalue weighted by Gasteiger charge is -2.27. The number of halogens is 1. The third kappa shape index (κ3) is 3.27. The first-order valence-electron chi connectivity index (χ1n) is 7.77. The number of aromatic nitrogens is 3. The van der Waals surface area contributed by atoms with Crippen molar-refractivity contribution < 1.29 is 9.53 Å². The van der Waals surface area contributed by atoms with Gasteiger partial charge in [-0.3, -0.25) is 4.90 Å². The number of pyridine rings is 1. The van der Waals surface area contributed by atoms with E-state index in [1.54, 1.807) is 4.90 Å². The number of amides is 1. The Morgan fingerprint density at radius 1 is 1.43 bits per heavy atom. The van der Waals surface area contributed by atoms with Gasteiger partial charge in [-0.25, -0.2) is 14.8 Å². The van der Waals surface area contributed by atoms with Crippen LogP contribution in [0.1, 0.15) is 51.2 Å². The fourth-order valence-corrected chi connectivity index (χ4v) is 2.92. The number of aryl methyl sites for hydroxylation is 1. The van der Waals surface area contributed by atoms with E-state index in [0.717, 1.165) is 29.9 Å². The number of carbonyl (C=O) groups excluding carboxylic acids is 1. The average Bonchev–Trinajstić information content (AvgIpc) is 3.03. The second-order valence-corrected chi connectivity index (χ2v) is 7.29. The van der Waals surface area contributed by atoms with Crippen LogP contribution in [0.3, 0.4) is 0 Å². The summed E-state index contributed by atoms with van der Waals surface area (Å²) in [6, 6.07) is 1.71. The van der Waals surface area contributed by atoms with Gasteiger partial charge in [0.05, 0.1) is 22.3 Å². The van der Waals surface area contributed by atoms with Crippen LogP contribution in [0.5, 0.6) is 0 Å². The van der Waals surface area contributed by atoms with Gasteiger partial charge in [-0.05, 0) is 46.6 Å². The largest absolute Gasteiger partial charge is 0.444 e. The first-order valence-corrected chi connectivity index (χ1v) is 8.15. The molecule has 0 radical (unpaired) electrons. The third-order valence-electron chi connectivity index (χ3n) is 3.82. The molecule has 1 saturated heterocycles.